The number of rotatable bonds is 4. The van der Waals surface area contributed by atoms with Gasteiger partial charge in [0, 0.05) is 24.5 Å². The first-order valence-electron chi connectivity index (χ1n) is 11.7. The fourth-order valence-electron chi connectivity index (χ4n) is 5.05. The van der Waals surface area contributed by atoms with Gasteiger partial charge in [-0.25, -0.2) is 19.5 Å². The average molecular weight is 466 g/mol. The van der Waals surface area contributed by atoms with Gasteiger partial charge in [0.05, 0.1) is 22.6 Å². The minimum atomic E-state index is 0.460. The number of ether oxygens (including phenoxy) is 2. The second-order valence-corrected chi connectivity index (χ2v) is 8.96. The average Bonchev–Trinajstić information content (AvgIpc) is 3.55. The number of fused-ring (bicyclic) bond motifs is 6. The molecule has 9 heteroatoms. The number of anilines is 3. The molecule has 5 aromatic rings. The molecule has 0 aliphatic carbocycles. The number of nitrogens with zero attached hydrogens (tertiary/aromatic N) is 6. The first kappa shape index (κ1) is 20.0. The highest BCUT2D eigenvalue weighted by Gasteiger charge is 2.33. The summed E-state index contributed by atoms with van der Waals surface area (Å²) >= 11 is 0. The lowest BCUT2D eigenvalue weighted by atomic mass is 10.1. The van der Waals surface area contributed by atoms with Gasteiger partial charge in [-0.2, -0.15) is 5.10 Å². The van der Waals surface area contributed by atoms with Crippen LogP contribution < -0.4 is 19.7 Å². The summed E-state index contributed by atoms with van der Waals surface area (Å²) in [4.78, 5) is 15.7. The summed E-state index contributed by atoms with van der Waals surface area (Å²) in [6.45, 7) is 3.78. The van der Waals surface area contributed by atoms with Gasteiger partial charge < -0.3 is 19.7 Å². The Kier molecular flexibility index (Phi) is 4.48. The first-order valence-corrected chi connectivity index (χ1v) is 11.7. The molecule has 0 saturated carbocycles. The van der Waals surface area contributed by atoms with E-state index in [-0.39, 0.29) is 0 Å². The van der Waals surface area contributed by atoms with Crippen LogP contribution in [0.5, 0.6) is 17.2 Å². The summed E-state index contributed by atoms with van der Waals surface area (Å²) in [7, 11) is 0. The van der Waals surface area contributed by atoms with Crippen LogP contribution in [0.1, 0.15) is 18.4 Å². The van der Waals surface area contributed by atoms with E-state index in [4.69, 9.17) is 9.47 Å². The molecule has 3 aromatic heterocycles. The molecule has 9 nitrogen and oxygen atoms in total. The molecule has 2 aliphatic rings. The molecule has 1 atom stereocenters. The number of benzene rings is 2. The number of aromatic nitrogens is 5. The third-order valence-electron chi connectivity index (χ3n) is 6.76. The first-order chi connectivity index (χ1) is 17.2. The van der Waals surface area contributed by atoms with E-state index in [1.165, 1.54) is 19.2 Å². The lowest BCUT2D eigenvalue weighted by Gasteiger charge is -2.34. The summed E-state index contributed by atoms with van der Waals surface area (Å²) in [5.41, 5.74) is 4.64. The monoisotopic (exact) mass is 465 g/mol. The number of hydrogen-bond acceptors (Lipinski definition) is 8. The molecule has 0 radical (unpaired) electrons. The van der Waals surface area contributed by atoms with Gasteiger partial charge in [0.15, 0.2) is 11.4 Å². The third-order valence-corrected chi connectivity index (χ3v) is 6.76. The van der Waals surface area contributed by atoms with Crippen LogP contribution in [0.3, 0.4) is 0 Å². The van der Waals surface area contributed by atoms with E-state index in [0.29, 0.717) is 18.4 Å². The zero-order valence-corrected chi connectivity index (χ0v) is 19.2. The highest BCUT2D eigenvalue weighted by molar-refractivity contribution is 6.00. The molecule has 2 aliphatic heterocycles. The van der Waals surface area contributed by atoms with Crippen LogP contribution in [0.2, 0.25) is 0 Å². The van der Waals surface area contributed by atoms with Crippen LogP contribution in [0.15, 0.2) is 61.3 Å². The molecule has 5 heterocycles. The zero-order chi connectivity index (χ0) is 23.4. The fraction of sp³-hybridized carbons (Fsp3) is 0.231. The van der Waals surface area contributed by atoms with Crippen molar-refractivity contribution in [1.29, 1.82) is 0 Å². The van der Waals surface area contributed by atoms with E-state index in [9.17, 15) is 0 Å². The van der Waals surface area contributed by atoms with Gasteiger partial charge in [0.2, 0.25) is 0 Å². The lowest BCUT2D eigenvalue weighted by molar-refractivity contribution is 0.275. The topological polar surface area (TPSA) is 89.7 Å². The highest BCUT2D eigenvalue weighted by atomic mass is 16.5. The Balaban J connectivity index is 1.20. The van der Waals surface area contributed by atoms with Crippen LogP contribution in [0.25, 0.3) is 16.6 Å². The van der Waals surface area contributed by atoms with E-state index >= 15 is 0 Å². The molecule has 1 fully saturated rings. The Morgan fingerprint density at radius 1 is 1.06 bits per heavy atom. The molecule has 0 amide bonds. The molecular formula is C26H23N7O2. The highest BCUT2D eigenvalue weighted by Crippen LogP contribution is 2.44. The molecule has 0 spiro atoms. The zero-order valence-electron chi connectivity index (χ0n) is 19.2. The smallest absolute Gasteiger partial charge is 0.158 e. The van der Waals surface area contributed by atoms with E-state index in [1.54, 1.807) is 10.8 Å². The molecular weight excluding hydrogens is 442 g/mol. The van der Waals surface area contributed by atoms with Crippen molar-refractivity contribution in [2.45, 2.75) is 25.8 Å². The molecule has 1 saturated heterocycles. The maximum atomic E-state index is 6.27. The SMILES string of the molecule is Cc1cc(Nc2ncnc3ccc4c(c23)OC[C@H]2CCCN42)ccc1Oc1ccn2ncnc2c1. The van der Waals surface area contributed by atoms with Crippen LogP contribution >= 0.6 is 0 Å². The van der Waals surface area contributed by atoms with Crippen LogP contribution in [-0.2, 0) is 0 Å². The quantitative estimate of drug-likeness (QED) is 0.402. The summed E-state index contributed by atoms with van der Waals surface area (Å²) in [6, 6.07) is 14.4. The van der Waals surface area contributed by atoms with Crippen molar-refractivity contribution < 1.29 is 9.47 Å². The van der Waals surface area contributed by atoms with Gasteiger partial charge in [0.1, 0.15) is 36.6 Å². The van der Waals surface area contributed by atoms with Crippen molar-refractivity contribution in [3.8, 4) is 17.2 Å². The number of hydrogen-bond donors (Lipinski definition) is 1. The summed E-state index contributed by atoms with van der Waals surface area (Å²) in [5, 5.41) is 8.51. The molecule has 1 N–H and O–H groups in total. The van der Waals surface area contributed by atoms with Gasteiger partial charge in [-0.1, -0.05) is 0 Å². The van der Waals surface area contributed by atoms with Gasteiger partial charge in [-0.3, -0.25) is 0 Å². The largest absolute Gasteiger partial charge is 0.488 e. The second-order valence-electron chi connectivity index (χ2n) is 8.96. The van der Waals surface area contributed by atoms with Crippen molar-refractivity contribution in [3.63, 3.8) is 0 Å². The molecule has 0 bridgehead atoms. The molecule has 174 valence electrons. The van der Waals surface area contributed by atoms with E-state index in [0.717, 1.165) is 57.3 Å². The minimum Gasteiger partial charge on any atom is -0.488 e. The van der Waals surface area contributed by atoms with Crippen molar-refractivity contribution >= 4 is 33.7 Å². The van der Waals surface area contributed by atoms with Crippen LogP contribution in [-0.4, -0.2) is 43.8 Å². The van der Waals surface area contributed by atoms with Crippen molar-refractivity contribution in [2.24, 2.45) is 0 Å². The predicted octanol–water partition coefficient (Wildman–Crippen LogP) is 4.88. The maximum absolute atomic E-state index is 6.27. The summed E-state index contributed by atoms with van der Waals surface area (Å²) < 4.78 is 14.1. The normalized spacial score (nSPS) is 16.7. The predicted molar refractivity (Wildman–Crippen MR) is 133 cm³/mol. The van der Waals surface area contributed by atoms with E-state index < -0.39 is 0 Å². The van der Waals surface area contributed by atoms with E-state index in [2.05, 4.69) is 42.4 Å². The van der Waals surface area contributed by atoms with Crippen molar-refractivity contribution in [3.05, 3.63) is 66.9 Å². The van der Waals surface area contributed by atoms with Crippen molar-refractivity contribution in [2.75, 3.05) is 23.4 Å². The van der Waals surface area contributed by atoms with Crippen molar-refractivity contribution in [1.82, 2.24) is 24.6 Å². The minimum absolute atomic E-state index is 0.460. The maximum Gasteiger partial charge on any atom is 0.158 e. The van der Waals surface area contributed by atoms with Gasteiger partial charge in [-0.05, 0) is 61.7 Å². The number of aryl methyl sites for hydroxylation is 1. The van der Waals surface area contributed by atoms with E-state index in [1.807, 2.05) is 43.5 Å². The fourth-order valence-corrected chi connectivity index (χ4v) is 5.05. The second kappa shape index (κ2) is 7.83. The van der Waals surface area contributed by atoms with Gasteiger partial charge in [0.25, 0.3) is 0 Å². The van der Waals surface area contributed by atoms with Gasteiger partial charge >= 0.3 is 0 Å². The molecule has 35 heavy (non-hydrogen) atoms. The Morgan fingerprint density at radius 2 is 2.03 bits per heavy atom. The lowest BCUT2D eigenvalue weighted by Crippen LogP contribution is -2.38. The third kappa shape index (κ3) is 3.39. The number of nitrogens with one attached hydrogen (secondary N) is 1. The summed E-state index contributed by atoms with van der Waals surface area (Å²) in [6.07, 6.45) is 7.31. The Morgan fingerprint density at radius 3 is 2.97 bits per heavy atom. The standard InChI is InChI=1S/C26H23N7O2/c1-16-11-17(4-7-22(16)35-19-8-10-33-23(12-19)28-15-30-33)31-26-24-20(27-14-29-26)5-6-21-25(24)34-13-18-3-2-9-32(18)21/h4-8,10-12,14-15,18H,2-3,9,13H2,1H3,(H,27,29,31)/t18-/m1/s1. The molecule has 2 aromatic carbocycles. The summed E-state index contributed by atoms with van der Waals surface area (Å²) in [5.74, 6) is 3.08. The molecule has 0 unspecified atom stereocenters. The number of pyridine rings is 1. The Labute approximate surface area is 201 Å². The Bertz CT molecular complexity index is 1580. The van der Waals surface area contributed by atoms with Crippen LogP contribution in [0.4, 0.5) is 17.2 Å². The van der Waals surface area contributed by atoms with Crippen LogP contribution in [0, 0.1) is 6.92 Å². The van der Waals surface area contributed by atoms with Gasteiger partial charge in [-0.15, -0.1) is 0 Å². The Hall–Kier alpha value is -4.40. The molecule has 7 rings (SSSR count).